The normalized spacial score (nSPS) is 11.3. The zero-order valence-corrected chi connectivity index (χ0v) is 10.7. The topological polar surface area (TPSA) is 112 Å². The Kier molecular flexibility index (Phi) is 4.36. The molecular formula is C11H13N5O3. The van der Waals surface area contributed by atoms with E-state index in [1.165, 1.54) is 4.90 Å². The molecule has 0 spiro atoms. The summed E-state index contributed by atoms with van der Waals surface area (Å²) in [7, 11) is 3.21. The van der Waals surface area contributed by atoms with Crippen molar-refractivity contribution >= 4 is 17.4 Å². The lowest BCUT2D eigenvalue weighted by Gasteiger charge is -2.18. The highest BCUT2D eigenvalue weighted by atomic mass is 16.6. The van der Waals surface area contributed by atoms with Crippen LogP contribution in [0.4, 0.5) is 11.5 Å². The molecule has 19 heavy (non-hydrogen) atoms. The number of hydrogen-bond donors (Lipinski definition) is 1. The van der Waals surface area contributed by atoms with Crippen molar-refractivity contribution in [2.75, 3.05) is 19.4 Å². The van der Waals surface area contributed by atoms with E-state index in [4.69, 9.17) is 5.26 Å². The van der Waals surface area contributed by atoms with Crippen LogP contribution in [0, 0.1) is 21.4 Å². The van der Waals surface area contributed by atoms with Crippen LogP contribution in [-0.4, -0.2) is 40.9 Å². The molecule has 0 saturated carbocycles. The van der Waals surface area contributed by atoms with Gasteiger partial charge in [0.1, 0.15) is 29.7 Å². The average molecular weight is 263 g/mol. The number of nitro groups is 1. The number of hydrogen-bond acceptors (Lipinski definition) is 6. The standard InChI is InChI=1S/C11H13N5O3/c1-7(11(17)15(2)3)14-10-8(5-12)4-9(6-13-10)16(18)19/h4,6-7H,1-3H3,(H,13,14). The molecule has 8 nitrogen and oxygen atoms in total. The summed E-state index contributed by atoms with van der Waals surface area (Å²) in [4.78, 5) is 26.8. The van der Waals surface area contributed by atoms with Gasteiger partial charge < -0.3 is 10.2 Å². The maximum atomic E-state index is 11.7. The fourth-order valence-corrected chi connectivity index (χ4v) is 1.41. The van der Waals surface area contributed by atoms with Crippen LogP contribution in [0.3, 0.4) is 0 Å². The third-order valence-corrected chi connectivity index (χ3v) is 2.37. The van der Waals surface area contributed by atoms with E-state index in [0.717, 1.165) is 12.3 Å². The predicted octanol–water partition coefficient (Wildman–Crippen LogP) is 0.750. The van der Waals surface area contributed by atoms with Gasteiger partial charge in [0.05, 0.1) is 4.92 Å². The first-order valence-electron chi connectivity index (χ1n) is 5.39. The molecular weight excluding hydrogens is 250 g/mol. The lowest BCUT2D eigenvalue weighted by atomic mass is 10.2. The number of rotatable bonds is 4. The van der Waals surface area contributed by atoms with Crippen LogP contribution in [0.25, 0.3) is 0 Å². The summed E-state index contributed by atoms with van der Waals surface area (Å²) in [5.41, 5.74) is -0.249. The number of nitrogens with zero attached hydrogens (tertiary/aromatic N) is 4. The van der Waals surface area contributed by atoms with Gasteiger partial charge in [0, 0.05) is 20.2 Å². The second kappa shape index (κ2) is 5.77. The van der Waals surface area contributed by atoms with Gasteiger partial charge in [-0.2, -0.15) is 5.26 Å². The Morgan fingerprint density at radius 1 is 1.63 bits per heavy atom. The zero-order valence-electron chi connectivity index (χ0n) is 10.7. The highest BCUT2D eigenvalue weighted by molar-refractivity contribution is 5.84. The van der Waals surface area contributed by atoms with Gasteiger partial charge in [-0.15, -0.1) is 0 Å². The number of nitrogens with one attached hydrogen (secondary N) is 1. The molecule has 0 saturated heterocycles. The van der Waals surface area contributed by atoms with E-state index in [-0.39, 0.29) is 23.0 Å². The Morgan fingerprint density at radius 3 is 2.74 bits per heavy atom. The Labute approximate surface area is 109 Å². The summed E-state index contributed by atoms with van der Waals surface area (Å²) in [6.07, 6.45) is 1.04. The third-order valence-electron chi connectivity index (χ3n) is 2.37. The SMILES string of the molecule is CC(Nc1ncc([N+](=O)[O-])cc1C#N)C(=O)N(C)C. The molecule has 8 heteroatoms. The van der Waals surface area contributed by atoms with Gasteiger partial charge in [0.25, 0.3) is 5.69 Å². The molecule has 0 bridgehead atoms. The minimum Gasteiger partial charge on any atom is -0.358 e. The highest BCUT2D eigenvalue weighted by Crippen LogP contribution is 2.18. The van der Waals surface area contributed by atoms with Gasteiger partial charge in [-0.1, -0.05) is 0 Å². The zero-order chi connectivity index (χ0) is 14.6. The van der Waals surface area contributed by atoms with E-state index < -0.39 is 11.0 Å². The van der Waals surface area contributed by atoms with Crippen LogP contribution in [0.5, 0.6) is 0 Å². The fraction of sp³-hybridized carbons (Fsp3) is 0.364. The minimum absolute atomic E-state index is 0.0209. The summed E-state index contributed by atoms with van der Waals surface area (Å²) >= 11 is 0. The Balaban J connectivity index is 3.00. The maximum Gasteiger partial charge on any atom is 0.289 e. The quantitative estimate of drug-likeness (QED) is 0.633. The van der Waals surface area contributed by atoms with Crippen molar-refractivity contribution in [2.45, 2.75) is 13.0 Å². The molecule has 0 aliphatic carbocycles. The molecule has 1 unspecified atom stereocenters. The summed E-state index contributed by atoms with van der Waals surface area (Å²) in [6, 6.07) is 2.34. The first kappa shape index (κ1) is 14.4. The van der Waals surface area contributed by atoms with Crippen LogP contribution in [-0.2, 0) is 4.79 Å². The molecule has 0 fully saturated rings. The summed E-state index contributed by atoms with van der Waals surface area (Å²) in [5.74, 6) is -0.0418. The van der Waals surface area contributed by atoms with Gasteiger partial charge in [0.15, 0.2) is 0 Å². The van der Waals surface area contributed by atoms with Gasteiger partial charge in [-0.3, -0.25) is 14.9 Å². The number of aromatic nitrogens is 1. The number of amides is 1. The number of anilines is 1. The Morgan fingerprint density at radius 2 is 2.26 bits per heavy atom. The minimum atomic E-state index is -0.633. The van der Waals surface area contributed by atoms with Crippen LogP contribution in [0.2, 0.25) is 0 Å². The van der Waals surface area contributed by atoms with Crippen molar-refractivity contribution in [1.29, 1.82) is 5.26 Å². The molecule has 1 aromatic rings. The second-order valence-corrected chi connectivity index (χ2v) is 4.06. The summed E-state index contributed by atoms with van der Waals surface area (Å²) in [5, 5.41) is 22.3. The molecule has 1 atom stereocenters. The van der Waals surface area contributed by atoms with E-state index >= 15 is 0 Å². The van der Waals surface area contributed by atoms with Gasteiger partial charge in [-0.05, 0) is 6.92 Å². The number of likely N-dealkylation sites (N-methyl/N-ethyl adjacent to an activating group) is 1. The van der Waals surface area contributed by atoms with E-state index in [1.807, 2.05) is 6.07 Å². The summed E-state index contributed by atoms with van der Waals surface area (Å²) < 4.78 is 0. The first-order chi connectivity index (χ1) is 8.86. The van der Waals surface area contributed by atoms with Crippen LogP contribution >= 0.6 is 0 Å². The molecule has 100 valence electrons. The number of pyridine rings is 1. The second-order valence-electron chi connectivity index (χ2n) is 4.06. The first-order valence-corrected chi connectivity index (χ1v) is 5.39. The summed E-state index contributed by atoms with van der Waals surface area (Å²) in [6.45, 7) is 1.62. The van der Waals surface area contributed by atoms with Gasteiger partial charge >= 0.3 is 0 Å². The van der Waals surface area contributed by atoms with Crippen molar-refractivity contribution in [1.82, 2.24) is 9.88 Å². The van der Waals surface area contributed by atoms with E-state index in [0.29, 0.717) is 0 Å². The Bertz CT molecular complexity index is 550. The fourth-order valence-electron chi connectivity index (χ4n) is 1.41. The smallest absolute Gasteiger partial charge is 0.289 e. The number of carbonyl (C=O) groups excluding carboxylic acids is 1. The molecule has 0 aliphatic rings. The van der Waals surface area contributed by atoms with E-state index in [2.05, 4.69) is 10.3 Å². The number of nitriles is 1. The van der Waals surface area contributed by atoms with Crippen LogP contribution in [0.15, 0.2) is 12.3 Å². The van der Waals surface area contributed by atoms with Crippen LogP contribution in [0.1, 0.15) is 12.5 Å². The molecule has 0 aliphatic heterocycles. The maximum absolute atomic E-state index is 11.7. The molecule has 1 heterocycles. The lowest BCUT2D eigenvalue weighted by molar-refractivity contribution is -0.385. The van der Waals surface area contributed by atoms with Crippen molar-refractivity contribution in [3.8, 4) is 6.07 Å². The van der Waals surface area contributed by atoms with Gasteiger partial charge in [0.2, 0.25) is 5.91 Å². The average Bonchev–Trinajstić information content (AvgIpc) is 2.37. The van der Waals surface area contributed by atoms with Crippen molar-refractivity contribution < 1.29 is 9.72 Å². The van der Waals surface area contributed by atoms with Crippen molar-refractivity contribution in [2.24, 2.45) is 0 Å². The van der Waals surface area contributed by atoms with Gasteiger partial charge in [-0.25, -0.2) is 4.98 Å². The predicted molar refractivity (Wildman–Crippen MR) is 67.4 cm³/mol. The lowest BCUT2D eigenvalue weighted by Crippen LogP contribution is -2.37. The molecule has 1 N–H and O–H groups in total. The molecule has 0 aromatic carbocycles. The molecule has 1 amide bonds. The largest absolute Gasteiger partial charge is 0.358 e. The molecule has 0 radical (unpaired) electrons. The molecule has 1 rings (SSSR count). The third kappa shape index (κ3) is 3.38. The molecule has 1 aromatic heterocycles. The monoisotopic (exact) mass is 263 g/mol. The van der Waals surface area contributed by atoms with Crippen molar-refractivity contribution in [3.63, 3.8) is 0 Å². The van der Waals surface area contributed by atoms with Crippen molar-refractivity contribution in [3.05, 3.63) is 27.9 Å². The van der Waals surface area contributed by atoms with E-state index in [9.17, 15) is 14.9 Å². The highest BCUT2D eigenvalue weighted by Gasteiger charge is 2.18. The van der Waals surface area contributed by atoms with Crippen LogP contribution < -0.4 is 5.32 Å². The Hall–Kier alpha value is -2.69. The number of carbonyl (C=O) groups is 1. The van der Waals surface area contributed by atoms with E-state index in [1.54, 1.807) is 21.0 Å².